The molecule has 1 aromatic carbocycles. The third-order valence-corrected chi connectivity index (χ3v) is 8.27. The van der Waals surface area contributed by atoms with E-state index in [0.717, 1.165) is 71.8 Å². The van der Waals surface area contributed by atoms with Crippen LogP contribution in [0.2, 0.25) is 0 Å². The van der Waals surface area contributed by atoms with Gasteiger partial charge in [0.25, 0.3) is 0 Å². The van der Waals surface area contributed by atoms with Gasteiger partial charge in [0.2, 0.25) is 5.95 Å². The largest absolute Gasteiger partial charge is 0.393 e. The van der Waals surface area contributed by atoms with Crippen molar-refractivity contribution in [2.24, 2.45) is 0 Å². The Hall–Kier alpha value is -3.18. The first kappa shape index (κ1) is 26.1. The molecular formula is C29H35N7O2S. The number of hydrogen-bond donors (Lipinski definition) is 3. The Labute approximate surface area is 232 Å². The molecule has 39 heavy (non-hydrogen) atoms. The molecule has 6 rings (SSSR count). The second-order valence-corrected chi connectivity index (χ2v) is 11.8. The number of aliphatic hydroxyl groups excluding tert-OH is 1. The molecule has 1 aliphatic carbocycles. The van der Waals surface area contributed by atoms with Crippen LogP contribution in [0, 0.1) is 0 Å². The molecule has 1 aliphatic heterocycles. The SMILES string of the molecule is C[C@@H]1CN(Cc2cncc(-c3ccc4nc(Nc5ccnc(NC6CCC(O)CC6)n5)sc4c3)c2)C[C@H](C)O1. The fourth-order valence-corrected chi connectivity index (χ4v) is 6.48. The van der Waals surface area contributed by atoms with Crippen molar-refractivity contribution in [2.75, 3.05) is 23.7 Å². The molecule has 3 N–H and O–H groups in total. The Morgan fingerprint density at radius 2 is 1.82 bits per heavy atom. The van der Waals surface area contributed by atoms with Gasteiger partial charge in [-0.15, -0.1) is 0 Å². The molecule has 2 fully saturated rings. The Morgan fingerprint density at radius 1 is 1.00 bits per heavy atom. The van der Waals surface area contributed by atoms with Crippen LogP contribution in [-0.2, 0) is 11.3 Å². The number of pyridine rings is 1. The van der Waals surface area contributed by atoms with Crippen molar-refractivity contribution in [1.82, 2.24) is 24.8 Å². The van der Waals surface area contributed by atoms with Crippen molar-refractivity contribution in [3.63, 3.8) is 0 Å². The number of benzene rings is 1. The predicted molar refractivity (Wildman–Crippen MR) is 155 cm³/mol. The second-order valence-electron chi connectivity index (χ2n) is 10.8. The van der Waals surface area contributed by atoms with Gasteiger partial charge in [0.15, 0.2) is 5.13 Å². The summed E-state index contributed by atoms with van der Waals surface area (Å²) in [6.07, 6.45) is 9.43. The standard InChI is InChI=1S/C29H35N7O2S/c1-18-15-36(16-19(2)38-18)17-20-11-22(14-30-13-20)21-3-8-25-26(12-21)39-29(33-25)35-27-9-10-31-28(34-27)32-23-4-6-24(37)7-5-23/h3,8-14,18-19,23-24,37H,4-7,15-17H2,1-2H3,(H2,31,32,33,34,35)/t18-,19+,23?,24?. The number of hydrogen-bond acceptors (Lipinski definition) is 10. The summed E-state index contributed by atoms with van der Waals surface area (Å²) in [5.74, 6) is 1.30. The zero-order valence-electron chi connectivity index (χ0n) is 22.4. The predicted octanol–water partition coefficient (Wildman–Crippen LogP) is 5.22. The highest BCUT2D eigenvalue weighted by atomic mass is 32.1. The average molecular weight is 546 g/mol. The van der Waals surface area contributed by atoms with E-state index in [1.54, 1.807) is 17.5 Å². The van der Waals surface area contributed by atoms with Crippen LogP contribution in [-0.4, -0.2) is 67.4 Å². The summed E-state index contributed by atoms with van der Waals surface area (Å²) in [6.45, 7) is 7.01. The molecule has 4 aromatic rings. The maximum Gasteiger partial charge on any atom is 0.224 e. The van der Waals surface area contributed by atoms with Crippen molar-refractivity contribution in [3.8, 4) is 11.1 Å². The highest BCUT2D eigenvalue weighted by Gasteiger charge is 2.22. The summed E-state index contributed by atoms with van der Waals surface area (Å²) in [5, 5.41) is 17.3. The molecule has 3 aromatic heterocycles. The third kappa shape index (κ3) is 6.52. The van der Waals surface area contributed by atoms with E-state index in [2.05, 4.69) is 68.6 Å². The number of aromatic nitrogens is 4. The van der Waals surface area contributed by atoms with Gasteiger partial charge in [-0.2, -0.15) is 4.98 Å². The molecule has 2 atom stereocenters. The second kappa shape index (κ2) is 11.5. The van der Waals surface area contributed by atoms with Crippen LogP contribution >= 0.6 is 11.3 Å². The first-order valence-corrected chi connectivity index (χ1v) is 14.6. The molecule has 204 valence electrons. The first-order chi connectivity index (χ1) is 19.0. The number of anilines is 3. The van der Waals surface area contributed by atoms with Crippen molar-refractivity contribution in [2.45, 2.75) is 70.4 Å². The van der Waals surface area contributed by atoms with Crippen LogP contribution in [0.15, 0.2) is 48.9 Å². The van der Waals surface area contributed by atoms with Crippen molar-refractivity contribution >= 4 is 38.5 Å². The fourth-order valence-electron chi connectivity index (χ4n) is 5.57. The molecule has 0 unspecified atom stereocenters. The number of nitrogens with one attached hydrogen (secondary N) is 2. The molecular weight excluding hydrogens is 510 g/mol. The highest BCUT2D eigenvalue weighted by Crippen LogP contribution is 2.32. The average Bonchev–Trinajstić information content (AvgIpc) is 3.31. The van der Waals surface area contributed by atoms with Gasteiger partial charge in [-0.3, -0.25) is 9.88 Å². The Bertz CT molecular complexity index is 1410. The zero-order valence-corrected chi connectivity index (χ0v) is 23.2. The third-order valence-electron chi connectivity index (χ3n) is 7.34. The van der Waals surface area contributed by atoms with Gasteiger partial charge in [0.1, 0.15) is 5.82 Å². The fraction of sp³-hybridized carbons (Fsp3) is 0.448. The highest BCUT2D eigenvalue weighted by molar-refractivity contribution is 7.22. The summed E-state index contributed by atoms with van der Waals surface area (Å²) >= 11 is 1.60. The lowest BCUT2D eigenvalue weighted by Gasteiger charge is -2.35. The molecule has 0 bridgehead atoms. The van der Waals surface area contributed by atoms with E-state index >= 15 is 0 Å². The molecule has 4 heterocycles. The minimum absolute atomic E-state index is 0.181. The molecule has 0 amide bonds. The Morgan fingerprint density at radius 3 is 2.64 bits per heavy atom. The van der Waals surface area contributed by atoms with Crippen molar-refractivity contribution in [1.29, 1.82) is 0 Å². The van der Waals surface area contributed by atoms with Gasteiger partial charge in [-0.1, -0.05) is 17.4 Å². The lowest BCUT2D eigenvalue weighted by molar-refractivity contribution is -0.0705. The van der Waals surface area contributed by atoms with Gasteiger partial charge < -0.3 is 20.5 Å². The van der Waals surface area contributed by atoms with Gasteiger partial charge in [0.05, 0.1) is 28.5 Å². The summed E-state index contributed by atoms with van der Waals surface area (Å²) in [6, 6.07) is 10.7. The maximum atomic E-state index is 9.75. The Kier molecular flexibility index (Phi) is 7.69. The summed E-state index contributed by atoms with van der Waals surface area (Å²) < 4.78 is 6.98. The Balaban J connectivity index is 1.14. The van der Waals surface area contributed by atoms with E-state index in [0.29, 0.717) is 17.8 Å². The molecule has 9 nitrogen and oxygen atoms in total. The van der Waals surface area contributed by atoms with Gasteiger partial charge in [0, 0.05) is 49.8 Å². The van der Waals surface area contributed by atoms with Crippen molar-refractivity contribution in [3.05, 3.63) is 54.5 Å². The van der Waals surface area contributed by atoms with E-state index in [-0.39, 0.29) is 18.3 Å². The number of nitrogens with zero attached hydrogens (tertiary/aromatic N) is 5. The van der Waals surface area contributed by atoms with Gasteiger partial charge in [-0.25, -0.2) is 9.97 Å². The quantitative estimate of drug-likeness (QED) is 0.288. The van der Waals surface area contributed by atoms with Crippen LogP contribution in [0.4, 0.5) is 16.9 Å². The number of fused-ring (bicyclic) bond motifs is 1. The molecule has 0 radical (unpaired) electrons. The summed E-state index contributed by atoms with van der Waals surface area (Å²) in [4.78, 5) is 20.8. The van der Waals surface area contributed by atoms with Crippen LogP contribution in [0.3, 0.4) is 0 Å². The number of thiazole rings is 1. The van der Waals surface area contributed by atoms with Crippen LogP contribution < -0.4 is 10.6 Å². The van der Waals surface area contributed by atoms with Crippen LogP contribution in [0.25, 0.3) is 21.3 Å². The monoisotopic (exact) mass is 545 g/mol. The van der Waals surface area contributed by atoms with E-state index in [1.807, 2.05) is 18.5 Å². The smallest absolute Gasteiger partial charge is 0.224 e. The minimum Gasteiger partial charge on any atom is -0.393 e. The molecule has 10 heteroatoms. The number of aliphatic hydroxyl groups is 1. The van der Waals surface area contributed by atoms with Crippen molar-refractivity contribution < 1.29 is 9.84 Å². The lowest BCUT2D eigenvalue weighted by atomic mass is 9.93. The van der Waals surface area contributed by atoms with E-state index < -0.39 is 0 Å². The number of morpholine rings is 1. The lowest BCUT2D eigenvalue weighted by Crippen LogP contribution is -2.44. The molecule has 1 saturated carbocycles. The summed E-state index contributed by atoms with van der Waals surface area (Å²) in [7, 11) is 0. The van der Waals surface area contributed by atoms with Gasteiger partial charge in [-0.05, 0) is 74.9 Å². The van der Waals surface area contributed by atoms with E-state index in [4.69, 9.17) is 9.72 Å². The first-order valence-electron chi connectivity index (χ1n) is 13.7. The number of rotatable bonds is 7. The normalized spacial score (nSPS) is 24.1. The van der Waals surface area contributed by atoms with E-state index in [1.165, 1.54) is 5.56 Å². The van der Waals surface area contributed by atoms with Crippen LogP contribution in [0.1, 0.15) is 45.1 Å². The maximum absolute atomic E-state index is 9.75. The van der Waals surface area contributed by atoms with E-state index in [9.17, 15) is 5.11 Å². The zero-order chi connectivity index (χ0) is 26.8. The topological polar surface area (TPSA) is 108 Å². The molecule has 1 saturated heterocycles. The number of ether oxygens (including phenoxy) is 1. The van der Waals surface area contributed by atoms with Gasteiger partial charge >= 0.3 is 0 Å². The summed E-state index contributed by atoms with van der Waals surface area (Å²) in [5.41, 5.74) is 4.38. The minimum atomic E-state index is -0.181. The molecule has 2 aliphatic rings. The van der Waals surface area contributed by atoms with Crippen LogP contribution in [0.5, 0.6) is 0 Å². The molecule has 0 spiro atoms.